The van der Waals surface area contributed by atoms with E-state index in [4.69, 9.17) is 4.74 Å². The number of rotatable bonds is 6. The number of nitrogens with zero attached hydrogens (tertiary/aromatic N) is 1. The molecule has 0 amide bonds. The number of ether oxygens (including phenoxy) is 1. The normalized spacial score (nSPS) is 12.1. The van der Waals surface area contributed by atoms with Crippen molar-refractivity contribution in [2.24, 2.45) is 10.9 Å². The van der Waals surface area contributed by atoms with Gasteiger partial charge in [-0.3, -0.25) is 14.6 Å². The zero-order valence-corrected chi connectivity index (χ0v) is 16.7. The molecule has 2 aromatic rings. The van der Waals surface area contributed by atoms with Crippen molar-refractivity contribution in [2.75, 3.05) is 6.61 Å². The van der Waals surface area contributed by atoms with Gasteiger partial charge in [0.2, 0.25) is 0 Å². The molecule has 2 rings (SSSR count). The number of hydrogen-bond acceptors (Lipinski definition) is 4. The summed E-state index contributed by atoms with van der Waals surface area (Å²) < 4.78 is 6.74. The molecule has 2 aromatic carbocycles. The van der Waals surface area contributed by atoms with Crippen molar-refractivity contribution in [3.05, 3.63) is 62.1 Å². The topological polar surface area (TPSA) is 55.7 Å². The van der Waals surface area contributed by atoms with E-state index < -0.39 is 11.9 Å². The van der Waals surface area contributed by atoms with Gasteiger partial charge < -0.3 is 4.74 Å². The van der Waals surface area contributed by atoms with Crippen LogP contribution in [0.2, 0.25) is 0 Å². The van der Waals surface area contributed by atoms with E-state index >= 15 is 0 Å². The Labute approximate surface area is 162 Å². The Bertz CT molecular complexity index is 759. The van der Waals surface area contributed by atoms with Gasteiger partial charge in [0.15, 0.2) is 11.7 Å². The largest absolute Gasteiger partial charge is 0.465 e. The van der Waals surface area contributed by atoms with E-state index in [9.17, 15) is 9.59 Å². The lowest BCUT2D eigenvalue weighted by Gasteiger charge is -2.11. The fourth-order valence-corrected chi connectivity index (χ4v) is 2.82. The smallest absolute Gasteiger partial charge is 0.322 e. The van der Waals surface area contributed by atoms with Crippen LogP contribution in [0, 0.1) is 9.49 Å². The molecule has 124 valence electrons. The minimum absolute atomic E-state index is 0.204. The second-order valence-corrected chi connectivity index (χ2v) is 6.93. The number of benzene rings is 2. The molecule has 0 spiro atoms. The molecule has 4 nitrogen and oxygen atoms in total. The van der Waals surface area contributed by atoms with E-state index in [-0.39, 0.29) is 12.4 Å². The van der Waals surface area contributed by atoms with Crippen LogP contribution >= 0.6 is 38.5 Å². The molecule has 24 heavy (non-hydrogen) atoms. The van der Waals surface area contributed by atoms with Crippen molar-refractivity contribution < 1.29 is 14.3 Å². The van der Waals surface area contributed by atoms with Crippen molar-refractivity contribution in [2.45, 2.75) is 6.92 Å². The summed E-state index contributed by atoms with van der Waals surface area (Å²) in [5, 5.41) is 0. The SMILES string of the molecule is CCOC(=O)C(C=Nc1ccc(I)cc1)C(=O)c1ccccc1Br. The van der Waals surface area contributed by atoms with Crippen LogP contribution in [0.1, 0.15) is 17.3 Å². The van der Waals surface area contributed by atoms with Crippen molar-refractivity contribution in [1.82, 2.24) is 0 Å². The highest BCUT2D eigenvalue weighted by Gasteiger charge is 2.28. The van der Waals surface area contributed by atoms with Gasteiger partial charge >= 0.3 is 5.97 Å². The average molecular weight is 500 g/mol. The van der Waals surface area contributed by atoms with Crippen LogP contribution in [-0.4, -0.2) is 24.6 Å². The first-order valence-corrected chi connectivity index (χ1v) is 9.15. The molecule has 0 heterocycles. The Morgan fingerprint density at radius 3 is 2.50 bits per heavy atom. The molecule has 0 aromatic heterocycles. The maximum absolute atomic E-state index is 12.7. The summed E-state index contributed by atoms with van der Waals surface area (Å²) in [6, 6.07) is 14.4. The van der Waals surface area contributed by atoms with Gasteiger partial charge in [-0.25, -0.2) is 0 Å². The maximum Gasteiger partial charge on any atom is 0.322 e. The fourth-order valence-electron chi connectivity index (χ4n) is 1.98. The lowest BCUT2D eigenvalue weighted by Crippen LogP contribution is -2.28. The average Bonchev–Trinajstić information content (AvgIpc) is 2.57. The highest BCUT2D eigenvalue weighted by molar-refractivity contribution is 14.1. The molecule has 0 saturated heterocycles. The van der Waals surface area contributed by atoms with Gasteiger partial charge in [0, 0.05) is 19.8 Å². The zero-order valence-electron chi connectivity index (χ0n) is 12.9. The van der Waals surface area contributed by atoms with Gasteiger partial charge in [0.25, 0.3) is 0 Å². The Morgan fingerprint density at radius 1 is 1.21 bits per heavy atom. The second-order valence-electron chi connectivity index (χ2n) is 4.83. The van der Waals surface area contributed by atoms with E-state index in [1.807, 2.05) is 24.3 Å². The molecule has 0 saturated carbocycles. The molecular formula is C18H15BrINO3. The molecule has 0 aliphatic heterocycles. The number of aliphatic imine (C=N–C) groups is 1. The van der Waals surface area contributed by atoms with Gasteiger partial charge in [-0.2, -0.15) is 0 Å². The molecule has 0 aliphatic rings. The van der Waals surface area contributed by atoms with Crippen molar-refractivity contribution in [3.8, 4) is 0 Å². The first-order valence-electron chi connectivity index (χ1n) is 7.28. The highest BCUT2D eigenvalue weighted by Crippen LogP contribution is 2.21. The molecular weight excluding hydrogens is 485 g/mol. The van der Waals surface area contributed by atoms with Crippen LogP contribution in [0.25, 0.3) is 0 Å². The molecule has 1 atom stereocenters. The van der Waals surface area contributed by atoms with Crippen LogP contribution in [0.3, 0.4) is 0 Å². The van der Waals surface area contributed by atoms with Crippen molar-refractivity contribution >= 4 is 62.2 Å². The Morgan fingerprint density at radius 2 is 1.88 bits per heavy atom. The number of carbonyl (C=O) groups is 2. The fraction of sp³-hybridized carbons (Fsp3) is 0.167. The maximum atomic E-state index is 12.7. The molecule has 1 unspecified atom stereocenters. The van der Waals surface area contributed by atoms with Gasteiger partial charge in [0.1, 0.15) is 0 Å². The van der Waals surface area contributed by atoms with Crippen LogP contribution in [0.5, 0.6) is 0 Å². The molecule has 6 heteroatoms. The first-order chi connectivity index (χ1) is 11.5. The minimum Gasteiger partial charge on any atom is -0.465 e. The van der Waals surface area contributed by atoms with E-state index in [2.05, 4.69) is 43.5 Å². The summed E-state index contributed by atoms with van der Waals surface area (Å²) in [7, 11) is 0. The van der Waals surface area contributed by atoms with Crippen molar-refractivity contribution in [1.29, 1.82) is 0 Å². The van der Waals surface area contributed by atoms with Crippen LogP contribution < -0.4 is 0 Å². The van der Waals surface area contributed by atoms with Crippen LogP contribution in [0.4, 0.5) is 5.69 Å². The van der Waals surface area contributed by atoms with E-state index in [0.717, 1.165) is 3.57 Å². The monoisotopic (exact) mass is 499 g/mol. The summed E-state index contributed by atoms with van der Waals surface area (Å²) in [6.45, 7) is 1.91. The number of ketones is 1. The zero-order chi connectivity index (χ0) is 17.5. The predicted molar refractivity (Wildman–Crippen MR) is 106 cm³/mol. The molecule has 0 fully saturated rings. The highest BCUT2D eigenvalue weighted by atomic mass is 127. The van der Waals surface area contributed by atoms with E-state index in [1.54, 1.807) is 31.2 Å². The quantitative estimate of drug-likeness (QED) is 0.188. The summed E-state index contributed by atoms with van der Waals surface area (Å²) in [4.78, 5) is 29.2. The lowest BCUT2D eigenvalue weighted by atomic mass is 9.98. The molecule has 0 N–H and O–H groups in total. The number of Topliss-reactive ketones (excluding diaryl/α,β-unsaturated/α-hetero) is 1. The van der Waals surface area contributed by atoms with Crippen LogP contribution in [-0.2, 0) is 9.53 Å². The Balaban J connectivity index is 2.31. The molecule has 0 radical (unpaired) electrons. The predicted octanol–water partition coefficient (Wildman–Crippen LogP) is 4.82. The van der Waals surface area contributed by atoms with E-state index in [1.165, 1.54) is 6.21 Å². The van der Waals surface area contributed by atoms with Crippen LogP contribution in [0.15, 0.2) is 58.0 Å². The summed E-state index contributed by atoms with van der Waals surface area (Å²) in [6.07, 6.45) is 1.35. The number of carbonyl (C=O) groups excluding carboxylic acids is 2. The van der Waals surface area contributed by atoms with Gasteiger partial charge in [-0.15, -0.1) is 0 Å². The third kappa shape index (κ3) is 4.98. The number of hydrogen-bond donors (Lipinski definition) is 0. The minimum atomic E-state index is -1.08. The summed E-state index contributed by atoms with van der Waals surface area (Å²) >= 11 is 5.54. The van der Waals surface area contributed by atoms with E-state index in [0.29, 0.717) is 15.7 Å². The number of esters is 1. The van der Waals surface area contributed by atoms with Gasteiger partial charge in [0.05, 0.1) is 12.3 Å². The summed E-state index contributed by atoms with van der Waals surface area (Å²) in [5.74, 6) is -2.04. The Kier molecular flexibility index (Phi) is 7.11. The first kappa shape index (κ1) is 18.8. The third-order valence-corrected chi connectivity index (χ3v) is 4.57. The lowest BCUT2D eigenvalue weighted by molar-refractivity contribution is -0.143. The Hall–Kier alpha value is -1.54. The standard InChI is InChI=1S/C18H15BrINO3/c1-2-24-18(23)15(11-21-13-9-7-12(20)8-10-13)17(22)14-5-3-4-6-16(14)19/h3-11,15H,2H2,1H3. The third-order valence-electron chi connectivity index (χ3n) is 3.16. The van der Waals surface area contributed by atoms with Gasteiger partial charge in [-0.05, 0) is 59.8 Å². The van der Waals surface area contributed by atoms with Crippen molar-refractivity contribution in [3.63, 3.8) is 0 Å². The second kappa shape index (κ2) is 9.08. The molecule has 0 bridgehead atoms. The molecule has 0 aliphatic carbocycles. The van der Waals surface area contributed by atoms with Gasteiger partial charge in [-0.1, -0.05) is 34.1 Å². The summed E-state index contributed by atoms with van der Waals surface area (Å²) in [5.41, 5.74) is 1.09. The number of halogens is 2.